The highest BCUT2D eigenvalue weighted by Crippen LogP contribution is 2.33. The number of aryl methyl sites for hydroxylation is 2. The number of ether oxygens (including phenoxy) is 1. The van der Waals surface area contributed by atoms with Crippen LogP contribution >= 0.6 is 0 Å². The minimum absolute atomic E-state index is 0.223. The van der Waals surface area contributed by atoms with Gasteiger partial charge in [-0.25, -0.2) is 24.0 Å². The van der Waals surface area contributed by atoms with Crippen molar-refractivity contribution in [1.82, 2.24) is 34.8 Å². The lowest BCUT2D eigenvalue weighted by Crippen LogP contribution is -2.46. The number of hydrogen-bond donors (Lipinski definition) is 1. The summed E-state index contributed by atoms with van der Waals surface area (Å²) in [7, 11) is 1.84. The number of pyridine rings is 1. The molecule has 0 radical (unpaired) electrons. The Morgan fingerprint density at radius 2 is 1.87 bits per heavy atom. The van der Waals surface area contributed by atoms with E-state index >= 15 is 4.39 Å². The summed E-state index contributed by atoms with van der Waals surface area (Å²) in [6, 6.07) is 11.2. The Kier molecular flexibility index (Phi) is 5.91. The molecular weight excluding hydrogens is 489 g/mol. The maximum absolute atomic E-state index is 15.8. The van der Waals surface area contributed by atoms with Gasteiger partial charge in [0.2, 0.25) is 6.41 Å². The van der Waals surface area contributed by atoms with E-state index in [9.17, 15) is 4.79 Å². The molecule has 5 aromatic rings. The monoisotopic (exact) mass is 513 g/mol. The Morgan fingerprint density at radius 3 is 2.66 bits per heavy atom. The van der Waals surface area contributed by atoms with Crippen LogP contribution in [0.4, 0.5) is 21.7 Å². The number of hydrogen-bond acceptors (Lipinski definition) is 9. The van der Waals surface area contributed by atoms with Crippen LogP contribution in [0.2, 0.25) is 0 Å². The number of anilines is 3. The van der Waals surface area contributed by atoms with Crippen molar-refractivity contribution >= 4 is 45.7 Å². The maximum Gasteiger partial charge on any atom is 0.209 e. The van der Waals surface area contributed by atoms with Gasteiger partial charge >= 0.3 is 0 Å². The van der Waals surface area contributed by atoms with Gasteiger partial charge in [0.15, 0.2) is 11.6 Å². The standard InChI is InChI=1S/C26H24FN9O2/c1-16-11-17(3-6-22(16)38-18-4-5-21-19(12-18)32-33-34(21)2)31-25-23-20(29-14-30-25)13-28-26(24(23)27)36-9-7-35(15-37)8-10-36/h3-6,11-15H,7-10H2,1-2H3,(H,29,30,31). The van der Waals surface area contributed by atoms with Crippen LogP contribution in [0.25, 0.3) is 21.9 Å². The maximum atomic E-state index is 15.8. The molecule has 1 saturated heterocycles. The summed E-state index contributed by atoms with van der Waals surface area (Å²) in [5, 5.41) is 11.6. The molecule has 1 fully saturated rings. The van der Waals surface area contributed by atoms with E-state index in [0.29, 0.717) is 49.0 Å². The van der Waals surface area contributed by atoms with Crippen molar-refractivity contribution in [3.05, 3.63) is 60.3 Å². The normalized spacial score (nSPS) is 13.8. The van der Waals surface area contributed by atoms with E-state index in [2.05, 4.69) is 30.6 Å². The number of nitrogens with zero attached hydrogens (tertiary/aromatic N) is 8. The van der Waals surface area contributed by atoms with E-state index < -0.39 is 5.82 Å². The van der Waals surface area contributed by atoms with Crippen LogP contribution in [-0.4, -0.2) is 67.4 Å². The quantitative estimate of drug-likeness (QED) is 0.340. The van der Waals surface area contributed by atoms with Crippen LogP contribution in [0.5, 0.6) is 11.5 Å². The van der Waals surface area contributed by atoms with Crippen LogP contribution in [0.15, 0.2) is 48.9 Å². The summed E-state index contributed by atoms with van der Waals surface area (Å²) in [6.45, 7) is 3.95. The van der Waals surface area contributed by atoms with E-state index in [1.54, 1.807) is 15.8 Å². The minimum atomic E-state index is -0.499. The Bertz CT molecular complexity index is 1660. The molecule has 11 nitrogen and oxygen atoms in total. The molecule has 2 aromatic carbocycles. The first-order valence-corrected chi connectivity index (χ1v) is 12.1. The number of nitrogens with one attached hydrogen (secondary N) is 1. The Hall–Kier alpha value is -4.87. The fraction of sp³-hybridized carbons (Fsp3) is 0.231. The molecule has 0 spiro atoms. The van der Waals surface area contributed by atoms with Gasteiger partial charge in [-0.15, -0.1) is 5.10 Å². The molecular formula is C26H24FN9O2. The smallest absolute Gasteiger partial charge is 0.209 e. The van der Waals surface area contributed by atoms with Crippen molar-refractivity contribution in [2.45, 2.75) is 6.92 Å². The molecule has 3 aromatic heterocycles. The van der Waals surface area contributed by atoms with E-state index in [-0.39, 0.29) is 11.2 Å². The number of aromatic nitrogens is 6. The number of fused-ring (bicyclic) bond motifs is 2. The molecule has 0 atom stereocenters. The van der Waals surface area contributed by atoms with Gasteiger partial charge in [0.05, 0.1) is 22.6 Å². The van der Waals surface area contributed by atoms with Crippen molar-refractivity contribution in [3.63, 3.8) is 0 Å². The molecule has 0 aliphatic carbocycles. The third-order valence-corrected chi connectivity index (χ3v) is 6.61. The van der Waals surface area contributed by atoms with Crippen LogP contribution in [-0.2, 0) is 11.8 Å². The SMILES string of the molecule is Cc1cc(Nc2ncnc3cnc(N4CCN(C=O)CC4)c(F)c23)ccc1Oc1ccc2c(c1)nnn2C. The molecule has 1 aliphatic heterocycles. The van der Waals surface area contributed by atoms with Crippen LogP contribution < -0.4 is 15.0 Å². The van der Waals surface area contributed by atoms with Crippen molar-refractivity contribution in [1.29, 1.82) is 0 Å². The lowest BCUT2D eigenvalue weighted by Gasteiger charge is -2.33. The fourth-order valence-corrected chi connectivity index (χ4v) is 4.55. The van der Waals surface area contributed by atoms with E-state index in [0.717, 1.165) is 28.7 Å². The second-order valence-corrected chi connectivity index (χ2v) is 9.08. The number of carbonyl (C=O) groups is 1. The summed E-state index contributed by atoms with van der Waals surface area (Å²) in [6.07, 6.45) is 3.73. The van der Waals surface area contributed by atoms with E-state index in [1.165, 1.54) is 6.33 Å². The second-order valence-electron chi connectivity index (χ2n) is 9.08. The minimum Gasteiger partial charge on any atom is -0.457 e. The molecule has 38 heavy (non-hydrogen) atoms. The van der Waals surface area contributed by atoms with Gasteiger partial charge in [0, 0.05) is 45.0 Å². The van der Waals surface area contributed by atoms with Gasteiger partial charge in [-0.05, 0) is 42.8 Å². The Balaban J connectivity index is 1.26. The molecule has 0 saturated carbocycles. The van der Waals surface area contributed by atoms with Gasteiger partial charge in [-0.2, -0.15) is 0 Å². The van der Waals surface area contributed by atoms with Crippen LogP contribution in [0, 0.1) is 12.7 Å². The molecule has 1 amide bonds. The molecule has 6 rings (SSSR count). The van der Waals surface area contributed by atoms with Crippen molar-refractivity contribution in [2.24, 2.45) is 7.05 Å². The predicted octanol–water partition coefficient (Wildman–Crippen LogP) is 3.57. The summed E-state index contributed by atoms with van der Waals surface area (Å²) >= 11 is 0. The number of piperazine rings is 1. The fourth-order valence-electron chi connectivity index (χ4n) is 4.55. The summed E-state index contributed by atoms with van der Waals surface area (Å²) in [4.78, 5) is 27.4. The van der Waals surface area contributed by atoms with Crippen molar-refractivity contribution < 1.29 is 13.9 Å². The lowest BCUT2D eigenvalue weighted by atomic mass is 10.2. The lowest BCUT2D eigenvalue weighted by molar-refractivity contribution is -0.118. The van der Waals surface area contributed by atoms with Gasteiger partial charge in [0.25, 0.3) is 0 Å². The predicted molar refractivity (Wildman–Crippen MR) is 140 cm³/mol. The molecule has 0 unspecified atom stereocenters. The molecule has 4 heterocycles. The third kappa shape index (κ3) is 4.29. The van der Waals surface area contributed by atoms with Crippen LogP contribution in [0.3, 0.4) is 0 Å². The summed E-state index contributed by atoms with van der Waals surface area (Å²) in [5.41, 5.74) is 3.66. The highest BCUT2D eigenvalue weighted by Gasteiger charge is 2.23. The number of amides is 1. The number of rotatable bonds is 6. The number of halogens is 1. The molecule has 12 heteroatoms. The molecule has 1 N–H and O–H groups in total. The zero-order valence-corrected chi connectivity index (χ0v) is 20.8. The van der Waals surface area contributed by atoms with Crippen LogP contribution in [0.1, 0.15) is 5.56 Å². The highest BCUT2D eigenvalue weighted by atomic mass is 19.1. The molecule has 192 valence electrons. The van der Waals surface area contributed by atoms with Gasteiger partial charge in [-0.1, -0.05) is 5.21 Å². The summed E-state index contributed by atoms with van der Waals surface area (Å²) < 4.78 is 23.6. The first-order chi connectivity index (χ1) is 18.5. The Morgan fingerprint density at radius 1 is 1.03 bits per heavy atom. The Labute approximate surface area is 216 Å². The topological polar surface area (TPSA) is 114 Å². The average molecular weight is 514 g/mol. The first-order valence-electron chi connectivity index (χ1n) is 12.1. The molecule has 0 bridgehead atoms. The van der Waals surface area contributed by atoms with Crippen molar-refractivity contribution in [3.8, 4) is 11.5 Å². The van der Waals surface area contributed by atoms with Gasteiger partial charge < -0.3 is 19.9 Å². The number of benzene rings is 2. The second kappa shape index (κ2) is 9.54. The zero-order valence-electron chi connectivity index (χ0n) is 20.8. The van der Waals surface area contributed by atoms with E-state index in [1.807, 2.05) is 55.3 Å². The molecule has 1 aliphatic rings. The van der Waals surface area contributed by atoms with Gasteiger partial charge in [-0.3, -0.25) is 4.79 Å². The first kappa shape index (κ1) is 23.5. The zero-order chi connectivity index (χ0) is 26.2. The summed E-state index contributed by atoms with van der Waals surface area (Å²) in [5.74, 6) is 1.39. The third-order valence-electron chi connectivity index (χ3n) is 6.61. The van der Waals surface area contributed by atoms with E-state index in [4.69, 9.17) is 4.74 Å². The average Bonchev–Trinajstić information content (AvgIpc) is 3.30. The largest absolute Gasteiger partial charge is 0.457 e. The van der Waals surface area contributed by atoms with Gasteiger partial charge in [0.1, 0.15) is 29.2 Å². The number of carbonyl (C=O) groups excluding carboxylic acids is 1. The highest BCUT2D eigenvalue weighted by molar-refractivity contribution is 5.92. The van der Waals surface area contributed by atoms with Crippen molar-refractivity contribution in [2.75, 3.05) is 36.4 Å².